The minimum Gasteiger partial charge on any atom is -0.404 e. The lowest BCUT2D eigenvalue weighted by Crippen LogP contribution is -2.19. The molecule has 0 atom stereocenters. The molecule has 0 bridgehead atoms. The molecule has 1 aliphatic rings. The molecule has 1 aliphatic carbocycles. The van der Waals surface area contributed by atoms with Crippen molar-refractivity contribution in [1.29, 1.82) is 0 Å². The van der Waals surface area contributed by atoms with Gasteiger partial charge in [-0.05, 0) is 78.9 Å². The van der Waals surface area contributed by atoms with Gasteiger partial charge in [0.25, 0.3) is 11.8 Å². The van der Waals surface area contributed by atoms with Crippen LogP contribution in [0.25, 0.3) is 11.3 Å². The van der Waals surface area contributed by atoms with E-state index in [1.807, 2.05) is 31.2 Å². The summed E-state index contributed by atoms with van der Waals surface area (Å²) in [6.07, 6.45) is 8.63. The summed E-state index contributed by atoms with van der Waals surface area (Å²) >= 11 is 0. The Bertz CT molecular complexity index is 1340. The van der Waals surface area contributed by atoms with Gasteiger partial charge in [0.2, 0.25) is 0 Å². The lowest BCUT2D eigenvalue weighted by atomic mass is 10.0. The van der Waals surface area contributed by atoms with Gasteiger partial charge < -0.3 is 22.1 Å². The van der Waals surface area contributed by atoms with Crippen LogP contribution < -0.4 is 22.1 Å². The molecular weight excluding hydrogens is 440 g/mol. The number of amides is 2. The molecule has 0 saturated heterocycles. The molecule has 35 heavy (non-hydrogen) atoms. The number of nitrogens with two attached hydrogens (primary N) is 2. The maximum atomic E-state index is 12.8. The molecule has 0 aliphatic heterocycles. The predicted molar refractivity (Wildman–Crippen MR) is 137 cm³/mol. The zero-order valence-corrected chi connectivity index (χ0v) is 19.7. The van der Waals surface area contributed by atoms with Crippen LogP contribution in [-0.2, 0) is 0 Å². The minimum absolute atomic E-state index is 0.201. The number of hydrogen-bond acceptors (Lipinski definition) is 6. The van der Waals surface area contributed by atoms with E-state index < -0.39 is 0 Å². The van der Waals surface area contributed by atoms with Crippen molar-refractivity contribution in [1.82, 2.24) is 15.3 Å². The second-order valence-electron chi connectivity index (χ2n) is 8.46. The average Bonchev–Trinajstić information content (AvgIpc) is 3.73. The van der Waals surface area contributed by atoms with Crippen LogP contribution in [0.2, 0.25) is 0 Å². The van der Waals surface area contributed by atoms with Gasteiger partial charge in [0.15, 0.2) is 0 Å². The Labute approximate surface area is 204 Å². The van der Waals surface area contributed by atoms with Gasteiger partial charge in [-0.1, -0.05) is 6.07 Å². The molecule has 0 radical (unpaired) electrons. The molecule has 3 aromatic rings. The van der Waals surface area contributed by atoms with Crippen molar-refractivity contribution < 1.29 is 9.59 Å². The fourth-order valence-electron chi connectivity index (χ4n) is 3.74. The molecule has 0 spiro atoms. The van der Waals surface area contributed by atoms with Gasteiger partial charge in [-0.25, -0.2) is 0 Å². The van der Waals surface area contributed by atoms with Crippen molar-refractivity contribution in [3.63, 3.8) is 0 Å². The number of allylic oxidation sites excluding steroid dienone is 2. The van der Waals surface area contributed by atoms with E-state index in [0.29, 0.717) is 34.0 Å². The summed E-state index contributed by atoms with van der Waals surface area (Å²) in [5, 5.41) is 5.51. The normalized spacial score (nSPS) is 13.9. The van der Waals surface area contributed by atoms with Crippen molar-refractivity contribution in [3.05, 3.63) is 101 Å². The Morgan fingerprint density at radius 2 is 1.74 bits per heavy atom. The molecule has 6 N–H and O–H groups in total. The van der Waals surface area contributed by atoms with Crippen LogP contribution in [0.3, 0.4) is 0 Å². The average molecular weight is 469 g/mol. The monoisotopic (exact) mass is 468 g/mol. The summed E-state index contributed by atoms with van der Waals surface area (Å²) in [6.45, 7) is 1.94. The minimum atomic E-state index is -0.294. The molecule has 1 saturated carbocycles. The number of nitrogens with zero attached hydrogens (tertiary/aromatic N) is 2. The number of nitrogens with one attached hydrogen (secondary N) is 2. The van der Waals surface area contributed by atoms with Crippen LogP contribution in [0, 0.1) is 6.92 Å². The predicted octanol–water partition coefficient (Wildman–Crippen LogP) is 3.57. The van der Waals surface area contributed by atoms with Crippen molar-refractivity contribution in [2.45, 2.75) is 25.7 Å². The molecule has 4 rings (SSSR count). The van der Waals surface area contributed by atoms with Crippen LogP contribution in [0.4, 0.5) is 5.69 Å². The highest BCUT2D eigenvalue weighted by atomic mass is 16.2. The van der Waals surface area contributed by atoms with E-state index in [9.17, 15) is 9.59 Å². The zero-order chi connectivity index (χ0) is 24.9. The number of carbonyl (C=O) groups excluding carboxylic acids is 2. The number of pyridine rings is 2. The van der Waals surface area contributed by atoms with E-state index in [1.165, 1.54) is 6.20 Å². The Kier molecular flexibility index (Phi) is 6.91. The van der Waals surface area contributed by atoms with Crippen LogP contribution >= 0.6 is 0 Å². The van der Waals surface area contributed by atoms with Crippen molar-refractivity contribution in [2.24, 2.45) is 11.5 Å². The first-order chi connectivity index (χ1) is 16.9. The van der Waals surface area contributed by atoms with Gasteiger partial charge >= 0.3 is 0 Å². The van der Waals surface area contributed by atoms with Gasteiger partial charge in [0.05, 0.1) is 0 Å². The highest BCUT2D eigenvalue weighted by molar-refractivity contribution is 6.04. The van der Waals surface area contributed by atoms with Crippen LogP contribution in [0.1, 0.15) is 62.0 Å². The van der Waals surface area contributed by atoms with Gasteiger partial charge in [-0.15, -0.1) is 0 Å². The van der Waals surface area contributed by atoms with E-state index in [-0.39, 0.29) is 17.5 Å². The summed E-state index contributed by atoms with van der Waals surface area (Å²) in [7, 11) is 1.55. The van der Waals surface area contributed by atoms with Crippen molar-refractivity contribution >= 4 is 28.8 Å². The van der Waals surface area contributed by atoms with Crippen LogP contribution in [0.5, 0.6) is 0 Å². The first-order valence-corrected chi connectivity index (χ1v) is 11.4. The molecule has 8 heteroatoms. The lowest BCUT2D eigenvalue weighted by Gasteiger charge is -2.12. The largest absolute Gasteiger partial charge is 0.404 e. The third-order valence-electron chi connectivity index (χ3n) is 5.89. The SMILES string of the molecule is CNC(=O)c1cc(C(/C=C(\N)c2cc(NC(=O)c3ccnc(C4CC4)c3)ccc2C)=C/N)ccn1. The molecule has 2 amide bonds. The molecule has 2 aromatic heterocycles. The second-order valence-corrected chi connectivity index (χ2v) is 8.46. The number of carbonyl (C=O) groups is 2. The lowest BCUT2D eigenvalue weighted by molar-refractivity contribution is 0.0957. The maximum Gasteiger partial charge on any atom is 0.269 e. The Hall–Kier alpha value is -4.46. The topological polar surface area (TPSA) is 136 Å². The first-order valence-electron chi connectivity index (χ1n) is 11.4. The smallest absolute Gasteiger partial charge is 0.269 e. The quantitative estimate of drug-likeness (QED) is 0.391. The third-order valence-corrected chi connectivity index (χ3v) is 5.89. The van der Waals surface area contributed by atoms with E-state index >= 15 is 0 Å². The fourth-order valence-corrected chi connectivity index (χ4v) is 3.74. The summed E-state index contributed by atoms with van der Waals surface area (Å²) in [5.74, 6) is -0.0260. The summed E-state index contributed by atoms with van der Waals surface area (Å²) < 4.78 is 0. The third kappa shape index (κ3) is 5.55. The molecule has 1 aromatic carbocycles. The Morgan fingerprint density at radius 3 is 2.46 bits per heavy atom. The van der Waals surface area contributed by atoms with Gasteiger partial charge in [0, 0.05) is 59.8 Å². The van der Waals surface area contributed by atoms with Gasteiger partial charge in [-0.3, -0.25) is 19.6 Å². The number of rotatable bonds is 7. The van der Waals surface area contributed by atoms with E-state index in [4.69, 9.17) is 11.5 Å². The van der Waals surface area contributed by atoms with E-state index in [2.05, 4.69) is 20.6 Å². The maximum absolute atomic E-state index is 12.8. The zero-order valence-electron chi connectivity index (χ0n) is 19.7. The number of hydrogen-bond donors (Lipinski definition) is 4. The fraction of sp³-hybridized carbons (Fsp3) is 0.185. The molecular formula is C27H28N6O2. The number of aryl methyl sites for hydroxylation is 1. The molecule has 178 valence electrons. The van der Waals surface area contributed by atoms with E-state index in [0.717, 1.165) is 29.7 Å². The molecule has 1 fully saturated rings. The second kappa shape index (κ2) is 10.2. The number of anilines is 1. The van der Waals surface area contributed by atoms with Gasteiger partial charge in [-0.2, -0.15) is 0 Å². The van der Waals surface area contributed by atoms with Crippen LogP contribution in [-0.4, -0.2) is 28.8 Å². The van der Waals surface area contributed by atoms with Gasteiger partial charge in [0.1, 0.15) is 5.69 Å². The number of benzene rings is 1. The molecule has 2 heterocycles. The summed E-state index contributed by atoms with van der Waals surface area (Å²) in [6, 6.07) is 12.5. The van der Waals surface area contributed by atoms with Crippen molar-refractivity contribution in [3.8, 4) is 0 Å². The highest BCUT2D eigenvalue weighted by Crippen LogP contribution is 2.39. The van der Waals surface area contributed by atoms with Crippen molar-refractivity contribution in [2.75, 3.05) is 12.4 Å². The molecule has 8 nitrogen and oxygen atoms in total. The highest BCUT2D eigenvalue weighted by Gasteiger charge is 2.25. The Balaban J connectivity index is 1.57. The first kappa shape index (κ1) is 23.7. The summed E-state index contributed by atoms with van der Waals surface area (Å²) in [5.41, 5.74) is 18.3. The molecule has 0 unspecified atom stereocenters. The summed E-state index contributed by atoms with van der Waals surface area (Å²) in [4.78, 5) is 33.3. The Morgan fingerprint density at radius 1 is 1.00 bits per heavy atom. The number of aromatic nitrogens is 2. The van der Waals surface area contributed by atoms with E-state index in [1.54, 1.807) is 43.7 Å². The van der Waals surface area contributed by atoms with Crippen LogP contribution in [0.15, 0.2) is 67.1 Å². The standard InChI is InChI=1S/C27H28N6O2/c1-16-3-6-21(33-26(34)19-8-10-31-24(13-19)17-4-5-17)14-22(16)23(29)11-20(15-28)18-7-9-32-25(12-18)27(35)30-2/h3,6-15,17H,4-5,28-29H2,1-2H3,(H,30,35)(H,33,34)/b20-15+,23-11-.